The van der Waals surface area contributed by atoms with Crippen molar-refractivity contribution in [1.29, 1.82) is 0 Å². The number of thiol groups is 1. The van der Waals surface area contributed by atoms with Gasteiger partial charge in [-0.05, 0) is 35.8 Å². The topological polar surface area (TPSA) is 12.9 Å². The Kier molecular flexibility index (Phi) is 3.43. The van der Waals surface area contributed by atoms with E-state index in [1.54, 1.807) is 0 Å². The molecule has 1 rings (SSSR count). The Morgan fingerprint density at radius 1 is 1.45 bits per heavy atom. The number of aromatic nitrogens is 1. The predicted molar refractivity (Wildman–Crippen MR) is 51.1 cm³/mol. The minimum Gasteiger partial charge on any atom is -0.265 e. The summed E-state index contributed by atoms with van der Waals surface area (Å²) in [5.74, 6) is 1.55. The van der Waals surface area contributed by atoms with E-state index in [0.717, 1.165) is 12.2 Å². The monoisotopic (exact) mass is 167 g/mol. The van der Waals surface area contributed by atoms with E-state index in [2.05, 4.69) is 36.7 Å². The highest BCUT2D eigenvalue weighted by Crippen LogP contribution is 2.17. The van der Waals surface area contributed by atoms with Crippen molar-refractivity contribution in [2.24, 2.45) is 0 Å². The Labute approximate surface area is 73.3 Å². The Morgan fingerprint density at radius 2 is 2.09 bits per heavy atom. The van der Waals surface area contributed by atoms with Gasteiger partial charge in [0.1, 0.15) is 0 Å². The molecule has 0 aliphatic rings. The molecule has 0 saturated carbocycles. The SMILES string of the molecule is CC(CCS)c1ccncc1. The molecule has 0 fully saturated rings. The first-order chi connectivity index (χ1) is 5.34. The summed E-state index contributed by atoms with van der Waals surface area (Å²) in [4.78, 5) is 3.97. The van der Waals surface area contributed by atoms with Crippen LogP contribution in [0.1, 0.15) is 24.8 Å². The molecule has 1 atom stereocenters. The molecule has 0 radical (unpaired) electrons. The van der Waals surface area contributed by atoms with Gasteiger partial charge in [0.15, 0.2) is 0 Å². The first kappa shape index (κ1) is 8.60. The van der Waals surface area contributed by atoms with E-state index in [-0.39, 0.29) is 0 Å². The zero-order valence-electron chi connectivity index (χ0n) is 6.70. The largest absolute Gasteiger partial charge is 0.265 e. The molecule has 1 aromatic rings. The van der Waals surface area contributed by atoms with Crippen molar-refractivity contribution in [1.82, 2.24) is 4.98 Å². The van der Waals surface area contributed by atoms with Gasteiger partial charge in [-0.1, -0.05) is 6.92 Å². The van der Waals surface area contributed by atoms with Gasteiger partial charge in [-0.25, -0.2) is 0 Å². The van der Waals surface area contributed by atoms with Crippen molar-refractivity contribution < 1.29 is 0 Å². The van der Waals surface area contributed by atoms with Gasteiger partial charge in [0.2, 0.25) is 0 Å². The second-order valence-corrected chi connectivity index (χ2v) is 3.14. The molecule has 1 aromatic heterocycles. The summed E-state index contributed by atoms with van der Waals surface area (Å²) in [7, 11) is 0. The first-order valence-corrected chi connectivity index (χ1v) is 4.48. The van der Waals surface area contributed by atoms with Gasteiger partial charge in [-0.15, -0.1) is 0 Å². The van der Waals surface area contributed by atoms with E-state index in [1.165, 1.54) is 5.56 Å². The number of pyridine rings is 1. The van der Waals surface area contributed by atoms with Crippen LogP contribution in [0.3, 0.4) is 0 Å². The summed E-state index contributed by atoms with van der Waals surface area (Å²) in [6.07, 6.45) is 4.81. The molecule has 0 aromatic carbocycles. The molecule has 11 heavy (non-hydrogen) atoms. The second-order valence-electron chi connectivity index (χ2n) is 2.69. The van der Waals surface area contributed by atoms with Crippen LogP contribution in [0.15, 0.2) is 24.5 Å². The second kappa shape index (κ2) is 4.39. The molecule has 0 bridgehead atoms. The highest BCUT2D eigenvalue weighted by atomic mass is 32.1. The summed E-state index contributed by atoms with van der Waals surface area (Å²) >= 11 is 4.19. The normalized spacial score (nSPS) is 12.9. The van der Waals surface area contributed by atoms with Gasteiger partial charge in [0.25, 0.3) is 0 Å². The summed E-state index contributed by atoms with van der Waals surface area (Å²) in [6.45, 7) is 2.21. The Balaban J connectivity index is 2.61. The van der Waals surface area contributed by atoms with Crippen LogP contribution in [0.2, 0.25) is 0 Å². The Bertz CT molecular complexity index is 198. The summed E-state index contributed by atoms with van der Waals surface area (Å²) in [5.41, 5.74) is 1.36. The first-order valence-electron chi connectivity index (χ1n) is 3.85. The minimum absolute atomic E-state index is 0.607. The van der Waals surface area contributed by atoms with E-state index in [9.17, 15) is 0 Å². The Hall–Kier alpha value is -0.500. The molecule has 0 saturated heterocycles. The average molecular weight is 167 g/mol. The van der Waals surface area contributed by atoms with Crippen LogP contribution in [0.25, 0.3) is 0 Å². The number of hydrogen-bond donors (Lipinski definition) is 1. The molecule has 2 heteroatoms. The maximum atomic E-state index is 4.19. The lowest BCUT2D eigenvalue weighted by molar-refractivity contribution is 0.740. The third-order valence-electron chi connectivity index (χ3n) is 1.84. The maximum Gasteiger partial charge on any atom is 0.0270 e. The van der Waals surface area contributed by atoms with Gasteiger partial charge < -0.3 is 0 Å². The van der Waals surface area contributed by atoms with Crippen LogP contribution in [-0.4, -0.2) is 10.7 Å². The standard InChI is InChI=1S/C9H13NS/c1-8(4-7-11)9-2-5-10-6-3-9/h2-3,5-6,8,11H,4,7H2,1H3. The van der Waals surface area contributed by atoms with Crippen molar-refractivity contribution in [3.63, 3.8) is 0 Å². The van der Waals surface area contributed by atoms with E-state index in [0.29, 0.717) is 5.92 Å². The molecule has 0 amide bonds. The highest BCUT2D eigenvalue weighted by Gasteiger charge is 2.01. The molecular weight excluding hydrogens is 154 g/mol. The molecule has 60 valence electrons. The van der Waals surface area contributed by atoms with E-state index < -0.39 is 0 Å². The van der Waals surface area contributed by atoms with Crippen molar-refractivity contribution in [3.8, 4) is 0 Å². The van der Waals surface area contributed by atoms with Gasteiger partial charge in [-0.2, -0.15) is 12.6 Å². The molecule has 0 aliphatic heterocycles. The van der Waals surface area contributed by atoms with Crippen LogP contribution in [0.5, 0.6) is 0 Å². The summed E-state index contributed by atoms with van der Waals surface area (Å²) in [5, 5.41) is 0. The molecule has 1 heterocycles. The fraction of sp³-hybridized carbons (Fsp3) is 0.444. The van der Waals surface area contributed by atoms with Crippen LogP contribution in [0.4, 0.5) is 0 Å². The molecule has 0 aliphatic carbocycles. The van der Waals surface area contributed by atoms with Gasteiger partial charge >= 0.3 is 0 Å². The summed E-state index contributed by atoms with van der Waals surface area (Å²) in [6, 6.07) is 4.13. The van der Waals surface area contributed by atoms with E-state index in [1.807, 2.05) is 12.4 Å². The molecule has 0 spiro atoms. The third-order valence-corrected chi connectivity index (χ3v) is 2.10. The van der Waals surface area contributed by atoms with Crippen molar-refractivity contribution >= 4 is 12.6 Å². The molecular formula is C9H13NS. The Morgan fingerprint density at radius 3 is 2.64 bits per heavy atom. The molecule has 1 unspecified atom stereocenters. The van der Waals surface area contributed by atoms with E-state index >= 15 is 0 Å². The lowest BCUT2D eigenvalue weighted by Crippen LogP contribution is -1.93. The molecule has 1 nitrogen and oxygen atoms in total. The highest BCUT2D eigenvalue weighted by molar-refractivity contribution is 7.80. The van der Waals surface area contributed by atoms with Crippen molar-refractivity contribution in [2.45, 2.75) is 19.3 Å². The lowest BCUT2D eigenvalue weighted by Gasteiger charge is -2.08. The third kappa shape index (κ3) is 2.54. The number of hydrogen-bond acceptors (Lipinski definition) is 2. The lowest BCUT2D eigenvalue weighted by atomic mass is 10.0. The minimum atomic E-state index is 0.607. The number of rotatable bonds is 3. The van der Waals surface area contributed by atoms with Gasteiger partial charge in [0.05, 0.1) is 0 Å². The van der Waals surface area contributed by atoms with Crippen molar-refractivity contribution in [3.05, 3.63) is 30.1 Å². The fourth-order valence-electron chi connectivity index (χ4n) is 1.05. The van der Waals surface area contributed by atoms with Crippen molar-refractivity contribution in [2.75, 3.05) is 5.75 Å². The van der Waals surface area contributed by atoms with Crippen LogP contribution >= 0.6 is 12.6 Å². The molecule has 0 N–H and O–H groups in total. The van der Waals surface area contributed by atoms with E-state index in [4.69, 9.17) is 0 Å². The zero-order chi connectivity index (χ0) is 8.10. The van der Waals surface area contributed by atoms with Crippen LogP contribution in [-0.2, 0) is 0 Å². The zero-order valence-corrected chi connectivity index (χ0v) is 7.59. The van der Waals surface area contributed by atoms with Crippen LogP contribution < -0.4 is 0 Å². The van der Waals surface area contributed by atoms with Gasteiger partial charge in [-0.3, -0.25) is 4.98 Å². The van der Waals surface area contributed by atoms with Crippen LogP contribution in [0, 0.1) is 0 Å². The van der Waals surface area contributed by atoms with Gasteiger partial charge in [0, 0.05) is 12.4 Å². The fourth-order valence-corrected chi connectivity index (χ4v) is 1.44. The summed E-state index contributed by atoms with van der Waals surface area (Å²) < 4.78 is 0. The smallest absolute Gasteiger partial charge is 0.0270 e. The predicted octanol–water partition coefficient (Wildman–Crippen LogP) is 2.51. The number of nitrogens with zero attached hydrogens (tertiary/aromatic N) is 1. The average Bonchev–Trinajstić information content (AvgIpc) is 2.07. The quantitative estimate of drug-likeness (QED) is 0.682. The maximum absolute atomic E-state index is 4.19.